The van der Waals surface area contributed by atoms with Crippen LogP contribution in [0.25, 0.3) is 0 Å². The fourth-order valence-corrected chi connectivity index (χ4v) is 1.06. The Bertz CT molecular complexity index is 225. The molecule has 46 valence electrons. The molecule has 2 nitrogen and oxygen atoms in total. The summed E-state index contributed by atoms with van der Waals surface area (Å²) in [5, 5.41) is 0. The smallest absolute Gasteiger partial charge is 0.332 e. The van der Waals surface area contributed by atoms with Gasteiger partial charge >= 0.3 is 11.9 Å². The SMILES string of the molecule is C[O+]1C2=CC(=O)C=CC21. The molecular weight excluding hydrogens is 116 g/mol. The normalized spacial score (nSPS) is 29.9. The highest BCUT2D eigenvalue weighted by atomic mass is 16.8. The average Bonchev–Trinajstić information content (AvgIpc) is 2.43. The van der Waals surface area contributed by atoms with Crippen molar-refractivity contribution in [2.24, 2.45) is 0 Å². The van der Waals surface area contributed by atoms with Gasteiger partial charge in [0.2, 0.25) is 0 Å². The third-order valence-corrected chi connectivity index (χ3v) is 1.70. The Morgan fingerprint density at radius 1 is 1.67 bits per heavy atom. The van der Waals surface area contributed by atoms with E-state index in [9.17, 15) is 4.79 Å². The van der Waals surface area contributed by atoms with Crippen molar-refractivity contribution >= 4 is 5.78 Å². The van der Waals surface area contributed by atoms with Crippen LogP contribution in [-0.2, 0) is 9.16 Å². The van der Waals surface area contributed by atoms with Gasteiger partial charge in [0.1, 0.15) is 0 Å². The molecule has 1 saturated heterocycles. The number of hydrogen-bond acceptors (Lipinski definition) is 1. The van der Waals surface area contributed by atoms with Gasteiger partial charge in [0.05, 0.1) is 6.08 Å². The zero-order valence-electron chi connectivity index (χ0n) is 5.13. The summed E-state index contributed by atoms with van der Waals surface area (Å²) in [5.74, 6) is 1.17. The van der Waals surface area contributed by atoms with Crippen LogP contribution in [0.1, 0.15) is 0 Å². The van der Waals surface area contributed by atoms with Crippen LogP contribution in [0, 0.1) is 0 Å². The maximum atomic E-state index is 10.6. The zero-order chi connectivity index (χ0) is 6.43. The lowest BCUT2D eigenvalue weighted by Gasteiger charge is -1.82. The highest BCUT2D eigenvalue weighted by Gasteiger charge is 2.49. The Morgan fingerprint density at radius 3 is 3.00 bits per heavy atom. The van der Waals surface area contributed by atoms with Crippen molar-refractivity contribution in [2.75, 3.05) is 7.11 Å². The number of allylic oxidation sites excluding steroid dienone is 2. The van der Waals surface area contributed by atoms with Crippen molar-refractivity contribution in [3.8, 4) is 0 Å². The maximum absolute atomic E-state index is 10.6. The third-order valence-electron chi connectivity index (χ3n) is 1.70. The van der Waals surface area contributed by atoms with Crippen molar-refractivity contribution in [3.05, 3.63) is 24.0 Å². The van der Waals surface area contributed by atoms with Gasteiger partial charge in [0, 0.05) is 6.08 Å². The Hall–Kier alpha value is -1.05. The van der Waals surface area contributed by atoms with Crippen LogP contribution in [0.3, 0.4) is 0 Å². The molecule has 0 saturated carbocycles. The van der Waals surface area contributed by atoms with E-state index in [0.717, 1.165) is 5.76 Å². The third kappa shape index (κ3) is 0.529. The summed E-state index contributed by atoms with van der Waals surface area (Å²) in [7, 11) is 1.90. The minimum Gasteiger partial charge on any atom is -0.556 e. The molecule has 1 heterocycles. The van der Waals surface area contributed by atoms with E-state index in [4.69, 9.17) is 0 Å². The summed E-state index contributed by atoms with van der Waals surface area (Å²) in [6, 6.07) is 0. The molecule has 0 radical (unpaired) electrons. The molecule has 0 amide bonds. The molecule has 1 unspecified atom stereocenters. The standard InChI is InChI=1S/C7H7O2/c1-9-6-3-2-5(8)4-7(6)9/h2-4,6H,1H3/q+1. The van der Waals surface area contributed by atoms with E-state index in [1.165, 1.54) is 0 Å². The maximum Gasteiger partial charge on any atom is 0.332 e. The van der Waals surface area contributed by atoms with E-state index in [2.05, 4.69) is 4.37 Å². The van der Waals surface area contributed by atoms with Crippen LogP contribution >= 0.6 is 0 Å². The molecule has 2 aliphatic rings. The molecule has 1 atom stereocenters. The van der Waals surface area contributed by atoms with Crippen LogP contribution in [0.5, 0.6) is 0 Å². The molecule has 2 heteroatoms. The van der Waals surface area contributed by atoms with Gasteiger partial charge < -0.3 is 4.37 Å². The zero-order valence-corrected chi connectivity index (χ0v) is 5.13. The lowest BCUT2D eigenvalue weighted by Crippen LogP contribution is -1.91. The summed E-state index contributed by atoms with van der Waals surface area (Å²) < 4.78 is 2.78. The Labute approximate surface area is 53.1 Å². The molecule has 0 spiro atoms. The monoisotopic (exact) mass is 123 g/mol. The summed E-state index contributed by atoms with van der Waals surface area (Å²) in [5.41, 5.74) is 0. The van der Waals surface area contributed by atoms with E-state index < -0.39 is 0 Å². The number of carbonyl (C=O) groups is 1. The van der Waals surface area contributed by atoms with Crippen molar-refractivity contribution in [1.82, 2.24) is 0 Å². The Morgan fingerprint density at radius 2 is 2.44 bits per heavy atom. The number of hydrogen-bond donors (Lipinski definition) is 0. The predicted octanol–water partition coefficient (Wildman–Crippen LogP) is 0.573. The van der Waals surface area contributed by atoms with Crippen LogP contribution in [0.15, 0.2) is 24.0 Å². The highest BCUT2D eigenvalue weighted by molar-refractivity contribution is 6.01. The van der Waals surface area contributed by atoms with Crippen molar-refractivity contribution in [2.45, 2.75) is 6.10 Å². The summed E-state index contributed by atoms with van der Waals surface area (Å²) in [4.78, 5) is 10.6. The Balaban J connectivity index is 2.35. The number of carbonyl (C=O) groups excluding carboxylic acids is 1. The minimum absolute atomic E-state index is 0.0955. The second kappa shape index (κ2) is 1.26. The quantitative estimate of drug-likeness (QED) is 0.340. The van der Waals surface area contributed by atoms with E-state index in [0.29, 0.717) is 6.10 Å². The first-order valence-corrected chi connectivity index (χ1v) is 2.87. The van der Waals surface area contributed by atoms with Gasteiger partial charge in [-0.25, -0.2) is 0 Å². The number of rotatable bonds is 0. The van der Waals surface area contributed by atoms with Crippen molar-refractivity contribution in [3.63, 3.8) is 0 Å². The van der Waals surface area contributed by atoms with Gasteiger partial charge in [0.25, 0.3) is 0 Å². The molecule has 1 aliphatic carbocycles. The molecule has 0 aromatic carbocycles. The lowest BCUT2D eigenvalue weighted by molar-refractivity contribution is -0.110. The molecule has 1 aliphatic heterocycles. The fourth-order valence-electron chi connectivity index (χ4n) is 1.06. The predicted molar refractivity (Wildman–Crippen MR) is 33.0 cm³/mol. The fraction of sp³-hybridized carbons (Fsp3) is 0.286. The summed E-state index contributed by atoms with van der Waals surface area (Å²) >= 11 is 0. The van der Waals surface area contributed by atoms with Crippen molar-refractivity contribution < 1.29 is 9.16 Å². The first-order valence-electron chi connectivity index (χ1n) is 2.87. The van der Waals surface area contributed by atoms with E-state index >= 15 is 0 Å². The number of fused-ring (bicyclic) bond motifs is 1. The van der Waals surface area contributed by atoms with E-state index in [-0.39, 0.29) is 5.78 Å². The van der Waals surface area contributed by atoms with Crippen molar-refractivity contribution in [1.29, 1.82) is 0 Å². The van der Waals surface area contributed by atoms with Crippen LogP contribution in [0.2, 0.25) is 0 Å². The van der Waals surface area contributed by atoms with Gasteiger partial charge in [-0.15, -0.1) is 0 Å². The number of epoxide rings is 1. The molecule has 9 heavy (non-hydrogen) atoms. The van der Waals surface area contributed by atoms with Gasteiger partial charge in [-0.2, -0.15) is 0 Å². The van der Waals surface area contributed by atoms with Gasteiger partial charge in [0.15, 0.2) is 12.9 Å². The molecule has 1 fully saturated rings. The van der Waals surface area contributed by atoms with Gasteiger partial charge in [-0.3, -0.25) is 4.79 Å². The summed E-state index contributed by atoms with van der Waals surface area (Å²) in [6.07, 6.45) is 5.50. The first-order chi connectivity index (χ1) is 4.29. The van der Waals surface area contributed by atoms with E-state index in [1.54, 1.807) is 12.2 Å². The van der Waals surface area contributed by atoms with Crippen LogP contribution < -0.4 is 0 Å². The molecule has 0 bridgehead atoms. The average molecular weight is 123 g/mol. The number of ketones is 1. The van der Waals surface area contributed by atoms with Crippen LogP contribution in [-0.4, -0.2) is 19.0 Å². The van der Waals surface area contributed by atoms with Gasteiger partial charge in [-0.05, 0) is 6.08 Å². The lowest BCUT2D eigenvalue weighted by atomic mass is 10.2. The largest absolute Gasteiger partial charge is 0.556 e. The van der Waals surface area contributed by atoms with Crippen LogP contribution in [0.4, 0.5) is 0 Å². The molecule has 0 aromatic rings. The second-order valence-electron chi connectivity index (χ2n) is 2.29. The molecule has 0 N–H and O–H groups in total. The first kappa shape index (κ1) is 4.79. The Kier molecular flexibility index (Phi) is 0.673. The van der Waals surface area contributed by atoms with Gasteiger partial charge in [-0.1, -0.05) is 0 Å². The van der Waals surface area contributed by atoms with E-state index in [1.807, 2.05) is 13.2 Å². The molecule has 0 aromatic heterocycles. The molecular formula is C7H7O2+. The minimum atomic E-state index is 0.0955. The summed E-state index contributed by atoms with van der Waals surface area (Å²) in [6.45, 7) is 0. The molecule has 2 rings (SSSR count). The topological polar surface area (TPSA) is 19.8 Å². The highest BCUT2D eigenvalue weighted by Crippen LogP contribution is 2.39. The second-order valence-corrected chi connectivity index (χ2v) is 2.29.